The minimum Gasteiger partial charge on any atom is -0.461 e. The largest absolute Gasteiger partial charge is 0.461 e. The Balaban J connectivity index is 2.32. The quantitative estimate of drug-likeness (QED) is 0.646. The molecule has 1 heterocycles. The van der Waals surface area contributed by atoms with Gasteiger partial charge in [-0.25, -0.2) is 0 Å². The topological polar surface area (TPSA) is 52.3 Å². The highest BCUT2D eigenvalue weighted by Gasteiger charge is 2.28. The van der Waals surface area contributed by atoms with Crippen molar-refractivity contribution in [3.63, 3.8) is 0 Å². The first-order chi connectivity index (χ1) is 5.59. The number of carbonyl (C=O) groups excluding carboxylic acids is 1. The molecule has 0 unspecified atom stereocenters. The fourth-order valence-corrected chi connectivity index (χ4v) is 1.54. The number of nitrogens with two attached hydrogens (primary N) is 1. The van der Waals surface area contributed by atoms with Crippen LogP contribution in [0, 0.1) is 5.92 Å². The molecule has 2 N–H and O–H groups in total. The second-order valence-corrected chi connectivity index (χ2v) is 3.86. The van der Waals surface area contributed by atoms with Gasteiger partial charge in [0.2, 0.25) is 0 Å². The summed E-state index contributed by atoms with van der Waals surface area (Å²) >= 11 is 0. The second kappa shape index (κ2) is 3.90. The van der Waals surface area contributed by atoms with E-state index in [-0.39, 0.29) is 18.1 Å². The maximum absolute atomic E-state index is 10.8. The number of carbonyl (C=O) groups is 1. The highest BCUT2D eigenvalue weighted by atomic mass is 16.5. The molecule has 1 rings (SSSR count). The zero-order chi connectivity index (χ0) is 9.14. The lowest BCUT2D eigenvalue weighted by Gasteiger charge is -2.19. The lowest BCUT2D eigenvalue weighted by Crippen LogP contribution is -2.35. The van der Waals surface area contributed by atoms with E-state index in [1.54, 1.807) is 0 Å². The van der Waals surface area contributed by atoms with Crippen molar-refractivity contribution < 1.29 is 9.53 Å². The molecule has 1 saturated heterocycles. The minimum absolute atomic E-state index is 0.0245. The average Bonchev–Trinajstić information content (AvgIpc) is 2.34. The summed E-state index contributed by atoms with van der Waals surface area (Å²) in [4.78, 5) is 10.8. The lowest BCUT2D eigenvalue weighted by atomic mass is 9.98. The zero-order valence-electron chi connectivity index (χ0n) is 7.75. The van der Waals surface area contributed by atoms with E-state index < -0.39 is 0 Å². The molecule has 0 aromatic rings. The first-order valence-electron chi connectivity index (χ1n) is 4.54. The molecule has 0 aliphatic carbocycles. The summed E-state index contributed by atoms with van der Waals surface area (Å²) in [6, 6.07) is 0.0245. The van der Waals surface area contributed by atoms with E-state index in [4.69, 9.17) is 10.5 Å². The van der Waals surface area contributed by atoms with Crippen molar-refractivity contribution in [1.82, 2.24) is 0 Å². The summed E-state index contributed by atoms with van der Waals surface area (Å²) in [6.07, 6.45) is 2.24. The third kappa shape index (κ3) is 2.48. The second-order valence-electron chi connectivity index (χ2n) is 3.86. The normalized spacial score (nSPS) is 26.0. The van der Waals surface area contributed by atoms with Crippen molar-refractivity contribution in [3.05, 3.63) is 0 Å². The van der Waals surface area contributed by atoms with Gasteiger partial charge in [0.15, 0.2) is 0 Å². The molecule has 1 aliphatic heterocycles. The molecule has 2 atom stereocenters. The van der Waals surface area contributed by atoms with Crippen molar-refractivity contribution >= 4 is 5.97 Å². The van der Waals surface area contributed by atoms with E-state index in [0.29, 0.717) is 12.3 Å². The number of esters is 1. The van der Waals surface area contributed by atoms with E-state index >= 15 is 0 Å². The van der Waals surface area contributed by atoms with Crippen molar-refractivity contribution in [1.29, 1.82) is 0 Å². The average molecular weight is 171 g/mol. The van der Waals surface area contributed by atoms with Gasteiger partial charge in [-0.1, -0.05) is 13.8 Å². The van der Waals surface area contributed by atoms with Crippen LogP contribution in [-0.2, 0) is 9.53 Å². The molecule has 0 spiro atoms. The van der Waals surface area contributed by atoms with Crippen LogP contribution in [0.5, 0.6) is 0 Å². The SMILES string of the molecule is CC(C)C[C@@H](N)[C@@H]1CCC(=O)O1. The first kappa shape index (κ1) is 9.52. The van der Waals surface area contributed by atoms with Crippen LogP contribution in [0.4, 0.5) is 0 Å². The smallest absolute Gasteiger partial charge is 0.306 e. The van der Waals surface area contributed by atoms with Crippen LogP contribution in [0.1, 0.15) is 33.1 Å². The summed E-state index contributed by atoms with van der Waals surface area (Å²) < 4.78 is 5.06. The number of hydrogen-bond donors (Lipinski definition) is 1. The molecule has 0 aromatic heterocycles. The van der Waals surface area contributed by atoms with Crippen molar-refractivity contribution in [2.75, 3.05) is 0 Å². The summed E-state index contributed by atoms with van der Waals surface area (Å²) in [5.41, 5.74) is 5.86. The first-order valence-corrected chi connectivity index (χ1v) is 4.54. The van der Waals surface area contributed by atoms with Crippen molar-refractivity contribution in [3.8, 4) is 0 Å². The Morgan fingerprint density at radius 1 is 1.67 bits per heavy atom. The molecule has 3 nitrogen and oxygen atoms in total. The van der Waals surface area contributed by atoms with Crippen LogP contribution in [0.3, 0.4) is 0 Å². The molecule has 12 heavy (non-hydrogen) atoms. The van der Waals surface area contributed by atoms with E-state index in [0.717, 1.165) is 12.8 Å². The molecule has 0 radical (unpaired) electrons. The maximum atomic E-state index is 10.8. The Hall–Kier alpha value is -0.570. The minimum atomic E-state index is -0.0980. The number of ether oxygens (including phenoxy) is 1. The van der Waals surface area contributed by atoms with Gasteiger partial charge in [-0.2, -0.15) is 0 Å². The predicted molar refractivity (Wildman–Crippen MR) is 46.5 cm³/mol. The molecular weight excluding hydrogens is 154 g/mol. The number of hydrogen-bond acceptors (Lipinski definition) is 3. The Morgan fingerprint density at radius 2 is 2.33 bits per heavy atom. The Bertz CT molecular complexity index is 168. The van der Waals surface area contributed by atoms with E-state index in [1.165, 1.54) is 0 Å². The van der Waals surface area contributed by atoms with Crippen molar-refractivity contribution in [2.45, 2.75) is 45.3 Å². The van der Waals surface area contributed by atoms with Gasteiger partial charge in [0, 0.05) is 12.5 Å². The fourth-order valence-electron chi connectivity index (χ4n) is 1.54. The van der Waals surface area contributed by atoms with Gasteiger partial charge >= 0.3 is 5.97 Å². The zero-order valence-corrected chi connectivity index (χ0v) is 7.75. The maximum Gasteiger partial charge on any atom is 0.306 e. The molecule has 1 fully saturated rings. The molecule has 70 valence electrons. The third-order valence-corrected chi connectivity index (χ3v) is 2.14. The van der Waals surface area contributed by atoms with Crippen molar-refractivity contribution in [2.24, 2.45) is 11.7 Å². The molecular formula is C9H17NO2. The van der Waals surface area contributed by atoms with Gasteiger partial charge in [0.25, 0.3) is 0 Å². The summed E-state index contributed by atoms with van der Waals surface area (Å²) in [5, 5.41) is 0. The molecule has 0 saturated carbocycles. The standard InChI is InChI=1S/C9H17NO2/c1-6(2)5-7(10)8-3-4-9(11)12-8/h6-8H,3-5,10H2,1-2H3/t7-,8+/m1/s1. The molecule has 3 heteroatoms. The predicted octanol–water partition coefficient (Wildman–Crippen LogP) is 1.07. The Labute approximate surface area is 73.3 Å². The van der Waals surface area contributed by atoms with Gasteiger partial charge in [-0.15, -0.1) is 0 Å². The summed E-state index contributed by atoms with van der Waals surface area (Å²) in [5.74, 6) is 0.471. The lowest BCUT2D eigenvalue weighted by molar-refractivity contribution is -0.142. The van der Waals surface area contributed by atoms with Gasteiger partial charge in [-0.3, -0.25) is 4.79 Å². The molecule has 0 amide bonds. The number of rotatable bonds is 3. The van der Waals surface area contributed by atoms with E-state index in [2.05, 4.69) is 13.8 Å². The van der Waals surface area contributed by atoms with E-state index in [9.17, 15) is 4.79 Å². The van der Waals surface area contributed by atoms with Gasteiger partial charge < -0.3 is 10.5 Å². The molecule has 0 aromatic carbocycles. The third-order valence-electron chi connectivity index (χ3n) is 2.14. The fraction of sp³-hybridized carbons (Fsp3) is 0.889. The highest BCUT2D eigenvalue weighted by molar-refractivity contribution is 5.71. The van der Waals surface area contributed by atoms with Crippen LogP contribution in [0.15, 0.2) is 0 Å². The van der Waals surface area contributed by atoms with E-state index in [1.807, 2.05) is 0 Å². The van der Waals surface area contributed by atoms with Gasteiger partial charge in [-0.05, 0) is 18.8 Å². The molecule has 1 aliphatic rings. The van der Waals surface area contributed by atoms with Crippen LogP contribution in [-0.4, -0.2) is 18.1 Å². The highest BCUT2D eigenvalue weighted by Crippen LogP contribution is 2.19. The Morgan fingerprint density at radius 3 is 2.75 bits per heavy atom. The summed E-state index contributed by atoms with van der Waals surface area (Å²) in [7, 11) is 0. The van der Waals surface area contributed by atoms with Crippen LogP contribution >= 0.6 is 0 Å². The molecule has 0 bridgehead atoms. The summed E-state index contributed by atoms with van der Waals surface area (Å²) in [6.45, 7) is 4.24. The Kier molecular flexibility index (Phi) is 3.09. The van der Waals surface area contributed by atoms with Crippen LogP contribution in [0.2, 0.25) is 0 Å². The van der Waals surface area contributed by atoms with Crippen LogP contribution in [0.25, 0.3) is 0 Å². The van der Waals surface area contributed by atoms with Crippen LogP contribution < -0.4 is 5.73 Å². The van der Waals surface area contributed by atoms with Gasteiger partial charge in [0.1, 0.15) is 6.10 Å². The van der Waals surface area contributed by atoms with Gasteiger partial charge in [0.05, 0.1) is 0 Å². The monoisotopic (exact) mass is 171 g/mol. The number of cyclic esters (lactones) is 1.